The van der Waals surface area contributed by atoms with Gasteiger partial charge in [-0.3, -0.25) is 0 Å². The molecular weight excluding hydrogens is 344 g/mol. The van der Waals surface area contributed by atoms with Crippen LogP contribution in [0.2, 0.25) is 0 Å². The van der Waals surface area contributed by atoms with E-state index in [4.69, 9.17) is 0 Å². The quantitative estimate of drug-likeness (QED) is 0.472. The summed E-state index contributed by atoms with van der Waals surface area (Å²) in [6, 6.07) is 14.2. The molecule has 0 heterocycles. The fourth-order valence-corrected chi connectivity index (χ4v) is 2.64. The fourth-order valence-electron chi connectivity index (χ4n) is 2.64. The van der Waals surface area contributed by atoms with Crippen molar-refractivity contribution in [1.29, 1.82) is 0 Å². The third kappa shape index (κ3) is 2.59. The number of para-hydroxylation sites is 2. The largest absolute Gasteiger partial charge is 0.300 e. The molecule has 0 aromatic heterocycles. The van der Waals surface area contributed by atoms with E-state index >= 15 is 4.39 Å². The lowest BCUT2D eigenvalue weighted by Gasteiger charge is -2.40. The lowest BCUT2D eigenvalue weighted by Crippen LogP contribution is -2.52. The van der Waals surface area contributed by atoms with Crippen molar-refractivity contribution in [2.45, 2.75) is 12.0 Å². The van der Waals surface area contributed by atoms with Crippen LogP contribution < -0.4 is 4.90 Å². The van der Waals surface area contributed by atoms with E-state index < -0.39 is 35.3 Å². The molecule has 0 bridgehead atoms. The lowest BCUT2D eigenvalue weighted by atomic mass is 9.96. The van der Waals surface area contributed by atoms with E-state index in [2.05, 4.69) is 0 Å². The first kappa shape index (κ1) is 17.1. The minimum absolute atomic E-state index is 0.0723. The monoisotopic (exact) mass is 355 g/mol. The number of anilines is 2. The standard InChI is InChI=1S/C18H11F6N/c19-13-14(20)16(22)18(24,17(23)15(13)21)25(11-7-3-1-4-8-11)12-9-5-2-6-10-12/h1-10,16H. The SMILES string of the molecule is FC1=C(F)C(F)C(F)(N(c2ccccc2)c2ccccc2)C(F)=C1F. The average Bonchev–Trinajstić information content (AvgIpc) is 2.65. The van der Waals surface area contributed by atoms with Gasteiger partial charge in [-0.15, -0.1) is 0 Å². The molecule has 0 amide bonds. The second-order valence-corrected chi connectivity index (χ2v) is 5.33. The molecule has 130 valence electrons. The summed E-state index contributed by atoms with van der Waals surface area (Å²) in [5, 5.41) is 0. The minimum atomic E-state index is -3.92. The summed E-state index contributed by atoms with van der Waals surface area (Å²) >= 11 is 0. The highest BCUT2D eigenvalue weighted by atomic mass is 19.2. The predicted octanol–water partition coefficient (Wildman–Crippen LogP) is 6.14. The number of rotatable bonds is 3. The van der Waals surface area contributed by atoms with E-state index in [1.165, 1.54) is 48.5 Å². The summed E-state index contributed by atoms with van der Waals surface area (Å²) in [6.45, 7) is 0. The summed E-state index contributed by atoms with van der Waals surface area (Å²) in [5.74, 6) is -13.4. The van der Waals surface area contributed by atoms with Gasteiger partial charge in [0, 0.05) is 11.4 Å². The highest BCUT2D eigenvalue weighted by Crippen LogP contribution is 2.50. The number of hydrogen-bond acceptors (Lipinski definition) is 1. The zero-order chi connectivity index (χ0) is 18.2. The van der Waals surface area contributed by atoms with E-state index in [1.807, 2.05) is 0 Å². The Morgan fingerprint density at radius 1 is 0.720 bits per heavy atom. The van der Waals surface area contributed by atoms with Crippen molar-refractivity contribution < 1.29 is 26.3 Å². The highest BCUT2D eigenvalue weighted by molar-refractivity contribution is 5.68. The van der Waals surface area contributed by atoms with Crippen LogP contribution in [0.5, 0.6) is 0 Å². The van der Waals surface area contributed by atoms with Crippen LogP contribution in [-0.4, -0.2) is 12.0 Å². The molecule has 0 radical (unpaired) electrons. The van der Waals surface area contributed by atoms with Gasteiger partial charge < -0.3 is 4.90 Å². The zero-order valence-corrected chi connectivity index (χ0v) is 12.6. The van der Waals surface area contributed by atoms with Crippen molar-refractivity contribution >= 4 is 11.4 Å². The zero-order valence-electron chi connectivity index (χ0n) is 12.6. The number of benzene rings is 2. The molecule has 3 rings (SSSR count). The van der Waals surface area contributed by atoms with Crippen LogP contribution in [0.25, 0.3) is 0 Å². The normalized spacial score (nSPS) is 23.8. The van der Waals surface area contributed by atoms with Crippen molar-refractivity contribution in [3.05, 3.63) is 84.0 Å². The van der Waals surface area contributed by atoms with Crippen molar-refractivity contribution in [3.63, 3.8) is 0 Å². The van der Waals surface area contributed by atoms with Gasteiger partial charge >= 0.3 is 0 Å². The highest BCUT2D eigenvalue weighted by Gasteiger charge is 2.58. The van der Waals surface area contributed by atoms with Crippen LogP contribution in [0.3, 0.4) is 0 Å². The molecular formula is C18H11F6N. The Labute approximate surface area is 139 Å². The van der Waals surface area contributed by atoms with Crippen LogP contribution in [0.4, 0.5) is 37.7 Å². The molecule has 1 nitrogen and oxygen atoms in total. The second kappa shape index (κ2) is 6.31. The molecule has 1 aliphatic carbocycles. The van der Waals surface area contributed by atoms with Crippen LogP contribution >= 0.6 is 0 Å². The maximum atomic E-state index is 15.5. The molecule has 0 N–H and O–H groups in total. The van der Waals surface area contributed by atoms with Gasteiger partial charge in [0.1, 0.15) is 0 Å². The maximum absolute atomic E-state index is 15.5. The Morgan fingerprint density at radius 2 is 1.16 bits per heavy atom. The first-order valence-corrected chi connectivity index (χ1v) is 7.23. The van der Waals surface area contributed by atoms with Crippen molar-refractivity contribution in [2.75, 3.05) is 4.90 Å². The van der Waals surface area contributed by atoms with Crippen molar-refractivity contribution in [2.24, 2.45) is 0 Å². The number of nitrogens with zero attached hydrogens (tertiary/aromatic N) is 1. The molecule has 7 heteroatoms. The first-order chi connectivity index (χ1) is 11.9. The summed E-state index contributed by atoms with van der Waals surface area (Å²) in [4.78, 5) is 0.457. The third-order valence-corrected chi connectivity index (χ3v) is 3.82. The van der Waals surface area contributed by atoms with Crippen LogP contribution in [-0.2, 0) is 0 Å². The van der Waals surface area contributed by atoms with Gasteiger partial charge in [0.05, 0.1) is 0 Å². The van der Waals surface area contributed by atoms with Crippen molar-refractivity contribution in [1.82, 2.24) is 0 Å². The molecule has 0 saturated carbocycles. The first-order valence-electron chi connectivity index (χ1n) is 7.23. The van der Waals surface area contributed by atoms with Gasteiger partial charge in [0.15, 0.2) is 17.5 Å². The van der Waals surface area contributed by atoms with Gasteiger partial charge in [0.2, 0.25) is 12.0 Å². The predicted molar refractivity (Wildman–Crippen MR) is 82.2 cm³/mol. The summed E-state index contributed by atoms with van der Waals surface area (Å²) in [6.07, 6.45) is -3.40. The fraction of sp³-hybridized carbons (Fsp3) is 0.111. The van der Waals surface area contributed by atoms with E-state index in [0.29, 0.717) is 4.90 Å². The molecule has 2 unspecified atom stereocenters. The number of allylic oxidation sites excluding steroid dienone is 2. The third-order valence-electron chi connectivity index (χ3n) is 3.82. The average molecular weight is 355 g/mol. The summed E-state index contributed by atoms with van der Waals surface area (Å²) in [5.41, 5.74) is -0.145. The molecule has 0 fully saturated rings. The Hall–Kier alpha value is -2.70. The maximum Gasteiger partial charge on any atom is 0.280 e. The van der Waals surface area contributed by atoms with E-state index in [1.54, 1.807) is 12.1 Å². The summed E-state index contributed by atoms with van der Waals surface area (Å²) < 4.78 is 84.9. The molecule has 0 saturated heterocycles. The lowest BCUT2D eigenvalue weighted by molar-refractivity contribution is 0.0621. The van der Waals surface area contributed by atoms with E-state index in [9.17, 15) is 22.0 Å². The van der Waals surface area contributed by atoms with E-state index in [0.717, 1.165) is 0 Å². The topological polar surface area (TPSA) is 3.24 Å². The Kier molecular flexibility index (Phi) is 4.32. The minimum Gasteiger partial charge on any atom is -0.300 e. The Balaban J connectivity index is 2.27. The molecule has 2 atom stereocenters. The van der Waals surface area contributed by atoms with Crippen LogP contribution in [0.15, 0.2) is 84.0 Å². The molecule has 2 aromatic rings. The molecule has 0 aliphatic heterocycles. The van der Waals surface area contributed by atoms with Gasteiger partial charge in [0.25, 0.3) is 5.79 Å². The summed E-state index contributed by atoms with van der Waals surface area (Å²) in [7, 11) is 0. The van der Waals surface area contributed by atoms with Crippen LogP contribution in [0.1, 0.15) is 0 Å². The number of alkyl halides is 2. The molecule has 0 spiro atoms. The molecule has 25 heavy (non-hydrogen) atoms. The van der Waals surface area contributed by atoms with Crippen molar-refractivity contribution in [3.8, 4) is 0 Å². The number of halogens is 6. The Bertz CT molecular complexity index is 794. The van der Waals surface area contributed by atoms with Gasteiger partial charge in [-0.25, -0.2) is 26.3 Å². The van der Waals surface area contributed by atoms with Gasteiger partial charge in [-0.1, -0.05) is 36.4 Å². The Morgan fingerprint density at radius 3 is 1.60 bits per heavy atom. The van der Waals surface area contributed by atoms with E-state index in [-0.39, 0.29) is 11.4 Å². The number of hydrogen-bond donors (Lipinski definition) is 0. The van der Waals surface area contributed by atoms with Gasteiger partial charge in [-0.2, -0.15) is 0 Å². The molecule has 1 aliphatic rings. The van der Waals surface area contributed by atoms with Crippen LogP contribution in [0, 0.1) is 0 Å². The van der Waals surface area contributed by atoms with Gasteiger partial charge in [-0.05, 0) is 24.3 Å². The second-order valence-electron chi connectivity index (χ2n) is 5.33. The molecule has 2 aromatic carbocycles. The smallest absolute Gasteiger partial charge is 0.280 e.